The highest BCUT2D eigenvalue weighted by Gasteiger charge is 2.09. The van der Waals surface area contributed by atoms with Crippen LogP contribution >= 0.6 is 0 Å². The maximum atomic E-state index is 10.5. The molecule has 6 heteroatoms. The smallest absolute Gasteiger partial charge is 0.306 e. The number of rotatable bonds is 4. The van der Waals surface area contributed by atoms with Crippen LogP contribution in [-0.2, 0) is 4.79 Å². The van der Waals surface area contributed by atoms with Gasteiger partial charge in [0.1, 0.15) is 0 Å². The summed E-state index contributed by atoms with van der Waals surface area (Å²) in [5.41, 5.74) is 2.62. The quantitative estimate of drug-likeness (QED) is 0.714. The van der Waals surface area contributed by atoms with Crippen molar-refractivity contribution in [1.82, 2.24) is 9.97 Å². The lowest BCUT2D eigenvalue weighted by Gasteiger charge is -2.08. The molecule has 0 saturated carbocycles. The first kappa shape index (κ1) is 13.1. The Morgan fingerprint density at radius 3 is 2.29 bits per heavy atom. The number of aliphatic carboxylic acids is 1. The highest BCUT2D eigenvalue weighted by Crippen LogP contribution is 2.30. The largest absolute Gasteiger partial charge is 0.504 e. The van der Waals surface area contributed by atoms with Gasteiger partial charge in [0, 0.05) is 12.1 Å². The first-order valence-electron chi connectivity index (χ1n) is 6.37. The first-order chi connectivity index (χ1) is 10.1. The van der Waals surface area contributed by atoms with Crippen LogP contribution in [0, 0.1) is 0 Å². The summed E-state index contributed by atoms with van der Waals surface area (Å²) in [6.07, 6.45) is -0.138. The molecule has 3 aromatic rings. The van der Waals surface area contributed by atoms with E-state index in [4.69, 9.17) is 9.84 Å². The minimum absolute atomic E-state index is 0.0184. The second-order valence-electron chi connectivity index (χ2n) is 4.51. The summed E-state index contributed by atoms with van der Waals surface area (Å²) in [5, 5.41) is 18.5. The van der Waals surface area contributed by atoms with Crippen LogP contribution in [-0.4, -0.2) is 32.8 Å². The molecule has 0 saturated heterocycles. The third-order valence-electron chi connectivity index (χ3n) is 2.99. The lowest BCUT2D eigenvalue weighted by atomic mass is 10.2. The minimum atomic E-state index is -0.957. The number of nitrogens with zero attached hydrogens (tertiary/aromatic N) is 2. The van der Waals surface area contributed by atoms with Gasteiger partial charge in [-0.25, -0.2) is 9.97 Å². The molecular weight excluding hydrogens is 272 g/mol. The molecule has 0 aliphatic carbocycles. The molecule has 1 heterocycles. The van der Waals surface area contributed by atoms with E-state index < -0.39 is 5.97 Å². The number of hydrogen-bond acceptors (Lipinski definition) is 5. The van der Waals surface area contributed by atoms with Crippen LogP contribution in [0.25, 0.3) is 22.1 Å². The monoisotopic (exact) mass is 284 g/mol. The fraction of sp³-hybridized carbons (Fsp3) is 0.133. The van der Waals surface area contributed by atoms with Gasteiger partial charge in [0.05, 0.1) is 35.1 Å². The van der Waals surface area contributed by atoms with Crippen LogP contribution < -0.4 is 4.74 Å². The second-order valence-corrected chi connectivity index (χ2v) is 4.51. The van der Waals surface area contributed by atoms with E-state index in [-0.39, 0.29) is 24.5 Å². The maximum Gasteiger partial charge on any atom is 0.306 e. The van der Waals surface area contributed by atoms with Crippen molar-refractivity contribution in [1.29, 1.82) is 0 Å². The molecule has 0 aliphatic heterocycles. The zero-order valence-electron chi connectivity index (χ0n) is 11.0. The average molecular weight is 284 g/mol. The minimum Gasteiger partial charge on any atom is -0.504 e. The van der Waals surface area contributed by atoms with Crippen molar-refractivity contribution in [2.24, 2.45) is 0 Å². The second kappa shape index (κ2) is 5.24. The number of carbonyl (C=O) groups is 1. The fourth-order valence-electron chi connectivity index (χ4n) is 2.00. The van der Waals surface area contributed by atoms with E-state index in [9.17, 15) is 9.90 Å². The SMILES string of the molecule is O=C(O)CCOc1cc2nc3ccccc3nc2cc1O. The fourth-order valence-corrected chi connectivity index (χ4v) is 2.00. The average Bonchev–Trinajstić information content (AvgIpc) is 2.45. The molecule has 0 aliphatic rings. The number of carboxylic acids is 1. The zero-order valence-corrected chi connectivity index (χ0v) is 11.0. The molecule has 2 N–H and O–H groups in total. The van der Waals surface area contributed by atoms with Crippen LogP contribution in [0.4, 0.5) is 0 Å². The number of fused-ring (bicyclic) bond motifs is 2. The van der Waals surface area contributed by atoms with Crippen molar-refractivity contribution in [3.63, 3.8) is 0 Å². The molecular formula is C15H12N2O4. The van der Waals surface area contributed by atoms with E-state index in [1.54, 1.807) is 6.07 Å². The van der Waals surface area contributed by atoms with E-state index in [2.05, 4.69) is 9.97 Å². The number of benzene rings is 2. The highest BCUT2D eigenvalue weighted by molar-refractivity contribution is 5.87. The van der Waals surface area contributed by atoms with Gasteiger partial charge >= 0.3 is 5.97 Å². The van der Waals surface area contributed by atoms with Crippen molar-refractivity contribution in [2.45, 2.75) is 6.42 Å². The Morgan fingerprint density at radius 2 is 1.67 bits per heavy atom. The Kier molecular flexibility index (Phi) is 3.27. The van der Waals surface area contributed by atoms with E-state index in [1.807, 2.05) is 24.3 Å². The molecule has 106 valence electrons. The summed E-state index contributed by atoms with van der Waals surface area (Å²) in [4.78, 5) is 19.3. The maximum absolute atomic E-state index is 10.5. The van der Waals surface area contributed by atoms with Gasteiger partial charge in [-0.3, -0.25) is 4.79 Å². The molecule has 0 spiro atoms. The molecule has 0 atom stereocenters. The summed E-state index contributed by atoms with van der Waals surface area (Å²) in [6.45, 7) is -0.0184. The number of hydrogen-bond donors (Lipinski definition) is 2. The summed E-state index contributed by atoms with van der Waals surface area (Å²) < 4.78 is 5.27. The Hall–Kier alpha value is -2.89. The molecule has 0 unspecified atom stereocenters. The topological polar surface area (TPSA) is 92.5 Å². The number of aromatic nitrogens is 2. The summed E-state index contributed by atoms with van der Waals surface area (Å²) in [6, 6.07) is 10.5. The molecule has 6 nitrogen and oxygen atoms in total. The number of phenolic OH excluding ortho intramolecular Hbond substituents is 1. The Morgan fingerprint density at radius 1 is 1.05 bits per heavy atom. The van der Waals surface area contributed by atoms with Crippen molar-refractivity contribution in [3.05, 3.63) is 36.4 Å². The summed E-state index contributed by atoms with van der Waals surface area (Å²) in [7, 11) is 0. The normalized spacial score (nSPS) is 10.9. The molecule has 0 radical (unpaired) electrons. The number of ether oxygens (including phenoxy) is 1. The standard InChI is InChI=1S/C15H12N2O4/c18-13-7-11-12(8-14(13)21-6-5-15(19)20)17-10-4-2-1-3-9(10)16-11/h1-4,7-8,18H,5-6H2,(H,19,20). The molecule has 21 heavy (non-hydrogen) atoms. The highest BCUT2D eigenvalue weighted by atomic mass is 16.5. The Bertz CT molecular complexity index is 832. The van der Waals surface area contributed by atoms with Gasteiger partial charge in [-0.2, -0.15) is 0 Å². The third kappa shape index (κ3) is 2.69. The van der Waals surface area contributed by atoms with Crippen LogP contribution in [0.3, 0.4) is 0 Å². The van der Waals surface area contributed by atoms with E-state index in [1.165, 1.54) is 6.07 Å². The van der Waals surface area contributed by atoms with Crippen molar-refractivity contribution in [3.8, 4) is 11.5 Å². The van der Waals surface area contributed by atoms with Gasteiger partial charge in [0.25, 0.3) is 0 Å². The van der Waals surface area contributed by atoms with E-state index >= 15 is 0 Å². The van der Waals surface area contributed by atoms with Crippen LogP contribution in [0.2, 0.25) is 0 Å². The summed E-state index contributed by atoms with van der Waals surface area (Å²) >= 11 is 0. The molecule has 0 amide bonds. The van der Waals surface area contributed by atoms with Gasteiger partial charge in [0.2, 0.25) is 0 Å². The van der Waals surface area contributed by atoms with Gasteiger partial charge in [-0.05, 0) is 12.1 Å². The predicted octanol–water partition coefficient (Wildman–Crippen LogP) is 2.34. The summed E-state index contributed by atoms with van der Waals surface area (Å²) in [5.74, 6) is -0.841. The lowest BCUT2D eigenvalue weighted by Crippen LogP contribution is -2.05. The van der Waals surface area contributed by atoms with E-state index in [0.29, 0.717) is 11.0 Å². The van der Waals surface area contributed by atoms with Gasteiger partial charge in [0.15, 0.2) is 11.5 Å². The van der Waals surface area contributed by atoms with Crippen molar-refractivity contribution < 1.29 is 19.7 Å². The molecule has 3 rings (SSSR count). The lowest BCUT2D eigenvalue weighted by molar-refractivity contribution is -0.137. The predicted molar refractivity (Wildman–Crippen MR) is 76.5 cm³/mol. The Balaban J connectivity index is 2.01. The van der Waals surface area contributed by atoms with Gasteiger partial charge in [-0.1, -0.05) is 12.1 Å². The van der Waals surface area contributed by atoms with Crippen molar-refractivity contribution in [2.75, 3.05) is 6.61 Å². The van der Waals surface area contributed by atoms with Crippen molar-refractivity contribution >= 4 is 28.0 Å². The van der Waals surface area contributed by atoms with Gasteiger partial charge in [-0.15, -0.1) is 0 Å². The van der Waals surface area contributed by atoms with Crippen LogP contribution in [0.5, 0.6) is 11.5 Å². The number of para-hydroxylation sites is 2. The van der Waals surface area contributed by atoms with Crippen LogP contribution in [0.1, 0.15) is 6.42 Å². The number of aromatic hydroxyl groups is 1. The number of carboxylic acid groups (broad SMARTS) is 1. The third-order valence-corrected chi connectivity index (χ3v) is 2.99. The molecule has 2 aromatic carbocycles. The number of phenols is 1. The zero-order chi connectivity index (χ0) is 14.8. The molecule has 0 fully saturated rings. The van der Waals surface area contributed by atoms with E-state index in [0.717, 1.165) is 11.0 Å². The van der Waals surface area contributed by atoms with Gasteiger partial charge < -0.3 is 14.9 Å². The Labute approximate surface area is 119 Å². The molecule has 0 bridgehead atoms. The van der Waals surface area contributed by atoms with Crippen LogP contribution in [0.15, 0.2) is 36.4 Å². The molecule has 1 aromatic heterocycles. The first-order valence-corrected chi connectivity index (χ1v) is 6.37.